The Hall–Kier alpha value is -2.09. The fraction of sp³-hybridized carbons (Fsp3) is 0.500. The number of aromatic nitrogens is 1. The highest BCUT2D eigenvalue weighted by Crippen LogP contribution is 2.20. The SMILES string of the molecule is Cc1ncc(N)cc1C(=O)OCCCC(C)(C)C#N. The molecule has 0 fully saturated rings. The molecular formula is C14H19N3O2. The third-order valence-corrected chi connectivity index (χ3v) is 2.81. The zero-order valence-corrected chi connectivity index (χ0v) is 11.6. The molecule has 0 spiro atoms. The molecule has 0 aliphatic heterocycles. The zero-order chi connectivity index (χ0) is 14.5. The number of ether oxygens (including phenoxy) is 1. The normalized spacial score (nSPS) is 10.8. The van der Waals surface area contributed by atoms with Crippen molar-refractivity contribution in [2.45, 2.75) is 33.6 Å². The second-order valence-electron chi connectivity index (χ2n) is 5.14. The van der Waals surface area contributed by atoms with Gasteiger partial charge in [0.1, 0.15) is 0 Å². The van der Waals surface area contributed by atoms with Gasteiger partial charge in [0.15, 0.2) is 0 Å². The van der Waals surface area contributed by atoms with E-state index in [9.17, 15) is 4.79 Å². The third kappa shape index (κ3) is 4.59. The van der Waals surface area contributed by atoms with E-state index in [-0.39, 0.29) is 12.0 Å². The summed E-state index contributed by atoms with van der Waals surface area (Å²) in [6, 6.07) is 3.77. The minimum Gasteiger partial charge on any atom is -0.462 e. The van der Waals surface area contributed by atoms with E-state index in [2.05, 4.69) is 11.1 Å². The summed E-state index contributed by atoms with van der Waals surface area (Å²) in [6.45, 7) is 5.74. The summed E-state index contributed by atoms with van der Waals surface area (Å²) in [5, 5.41) is 8.87. The topological polar surface area (TPSA) is 89.0 Å². The molecule has 0 aliphatic carbocycles. The monoisotopic (exact) mass is 261 g/mol. The van der Waals surface area contributed by atoms with Crippen molar-refractivity contribution in [3.05, 3.63) is 23.5 Å². The van der Waals surface area contributed by atoms with Crippen molar-refractivity contribution in [3.8, 4) is 6.07 Å². The fourth-order valence-electron chi connectivity index (χ4n) is 1.57. The maximum absolute atomic E-state index is 11.8. The molecule has 0 saturated carbocycles. The van der Waals surface area contributed by atoms with Crippen LogP contribution in [0.1, 0.15) is 42.7 Å². The number of pyridine rings is 1. The summed E-state index contributed by atoms with van der Waals surface area (Å²) < 4.78 is 5.16. The molecule has 102 valence electrons. The van der Waals surface area contributed by atoms with Gasteiger partial charge in [0.2, 0.25) is 0 Å². The first-order valence-corrected chi connectivity index (χ1v) is 6.16. The maximum Gasteiger partial charge on any atom is 0.340 e. The Morgan fingerprint density at radius 1 is 1.58 bits per heavy atom. The van der Waals surface area contributed by atoms with E-state index in [1.165, 1.54) is 6.20 Å². The lowest BCUT2D eigenvalue weighted by molar-refractivity contribution is 0.0489. The highest BCUT2D eigenvalue weighted by atomic mass is 16.5. The molecule has 5 heteroatoms. The van der Waals surface area contributed by atoms with Gasteiger partial charge in [-0.05, 0) is 39.7 Å². The predicted molar refractivity (Wildman–Crippen MR) is 72.3 cm³/mol. The Bertz CT molecular complexity index is 504. The van der Waals surface area contributed by atoms with Crippen molar-refractivity contribution in [1.29, 1.82) is 5.26 Å². The van der Waals surface area contributed by atoms with Crippen LogP contribution in [0, 0.1) is 23.7 Å². The summed E-state index contributed by atoms with van der Waals surface area (Å²) in [5.41, 5.74) is 6.62. The minimum absolute atomic E-state index is 0.290. The van der Waals surface area contributed by atoms with Crippen molar-refractivity contribution < 1.29 is 9.53 Å². The molecular weight excluding hydrogens is 242 g/mol. The number of hydrogen-bond acceptors (Lipinski definition) is 5. The van der Waals surface area contributed by atoms with E-state index in [0.717, 1.165) is 0 Å². The summed E-state index contributed by atoms with van der Waals surface area (Å²) in [6.07, 6.45) is 2.84. The van der Waals surface area contributed by atoms with Crippen molar-refractivity contribution in [3.63, 3.8) is 0 Å². The number of rotatable bonds is 5. The van der Waals surface area contributed by atoms with Gasteiger partial charge in [0.25, 0.3) is 0 Å². The number of anilines is 1. The van der Waals surface area contributed by atoms with Gasteiger partial charge in [-0.15, -0.1) is 0 Å². The van der Waals surface area contributed by atoms with Gasteiger partial charge >= 0.3 is 5.97 Å². The Labute approximate surface area is 113 Å². The summed E-state index contributed by atoms with van der Waals surface area (Å²) in [4.78, 5) is 15.8. The van der Waals surface area contributed by atoms with Crippen LogP contribution in [-0.2, 0) is 4.74 Å². The van der Waals surface area contributed by atoms with Gasteiger partial charge < -0.3 is 10.5 Å². The Morgan fingerprint density at radius 3 is 2.89 bits per heavy atom. The van der Waals surface area contributed by atoms with Crippen LogP contribution in [0.5, 0.6) is 0 Å². The molecule has 0 aliphatic rings. The number of nitrogens with zero attached hydrogens (tertiary/aromatic N) is 2. The van der Waals surface area contributed by atoms with Crippen LogP contribution >= 0.6 is 0 Å². The van der Waals surface area contributed by atoms with Crippen LogP contribution < -0.4 is 5.73 Å². The molecule has 0 amide bonds. The van der Waals surface area contributed by atoms with Crippen LogP contribution in [0.15, 0.2) is 12.3 Å². The first-order chi connectivity index (χ1) is 8.85. The van der Waals surface area contributed by atoms with E-state index in [0.29, 0.717) is 29.8 Å². The van der Waals surface area contributed by atoms with Crippen LogP contribution in [0.25, 0.3) is 0 Å². The van der Waals surface area contributed by atoms with Crippen LogP contribution in [0.2, 0.25) is 0 Å². The van der Waals surface area contributed by atoms with Crippen molar-refractivity contribution >= 4 is 11.7 Å². The quantitative estimate of drug-likeness (QED) is 0.649. The zero-order valence-electron chi connectivity index (χ0n) is 11.6. The highest BCUT2D eigenvalue weighted by Gasteiger charge is 2.17. The average Bonchev–Trinajstić information content (AvgIpc) is 2.37. The van der Waals surface area contributed by atoms with Crippen molar-refractivity contribution in [2.24, 2.45) is 5.41 Å². The van der Waals surface area contributed by atoms with E-state index in [1.807, 2.05) is 13.8 Å². The molecule has 0 aromatic carbocycles. The molecule has 0 radical (unpaired) electrons. The van der Waals surface area contributed by atoms with Gasteiger partial charge in [-0.3, -0.25) is 4.98 Å². The van der Waals surface area contributed by atoms with Crippen LogP contribution in [0.4, 0.5) is 5.69 Å². The molecule has 1 rings (SSSR count). The molecule has 0 atom stereocenters. The lowest BCUT2D eigenvalue weighted by Crippen LogP contribution is -2.13. The van der Waals surface area contributed by atoms with E-state index >= 15 is 0 Å². The Kier molecular flexibility index (Phi) is 4.87. The molecule has 2 N–H and O–H groups in total. The van der Waals surface area contributed by atoms with Gasteiger partial charge in [-0.25, -0.2) is 4.79 Å². The second kappa shape index (κ2) is 6.19. The summed E-state index contributed by atoms with van der Waals surface area (Å²) >= 11 is 0. The molecule has 0 unspecified atom stereocenters. The third-order valence-electron chi connectivity index (χ3n) is 2.81. The minimum atomic E-state index is -0.424. The first-order valence-electron chi connectivity index (χ1n) is 6.16. The molecule has 0 bridgehead atoms. The van der Waals surface area contributed by atoms with Gasteiger partial charge in [0, 0.05) is 0 Å². The number of esters is 1. The highest BCUT2D eigenvalue weighted by molar-refractivity contribution is 5.91. The number of nitrogen functional groups attached to an aromatic ring is 1. The number of nitriles is 1. The van der Waals surface area contributed by atoms with Gasteiger partial charge in [0.05, 0.1) is 41.2 Å². The standard InChI is InChI=1S/C14H19N3O2/c1-10-12(7-11(16)8-17-10)13(18)19-6-4-5-14(2,3)9-15/h7-8H,4-6,16H2,1-3H3. The van der Waals surface area contributed by atoms with Gasteiger partial charge in [-0.1, -0.05) is 0 Å². The molecule has 1 aromatic heterocycles. The molecule has 19 heavy (non-hydrogen) atoms. The van der Waals surface area contributed by atoms with Crippen molar-refractivity contribution in [2.75, 3.05) is 12.3 Å². The maximum atomic E-state index is 11.8. The number of aryl methyl sites for hydroxylation is 1. The summed E-state index contributed by atoms with van der Waals surface area (Å²) in [7, 11) is 0. The molecule has 5 nitrogen and oxygen atoms in total. The Balaban J connectivity index is 2.49. The molecule has 1 aromatic rings. The van der Waals surface area contributed by atoms with Crippen LogP contribution in [0.3, 0.4) is 0 Å². The smallest absolute Gasteiger partial charge is 0.340 e. The largest absolute Gasteiger partial charge is 0.462 e. The van der Waals surface area contributed by atoms with E-state index < -0.39 is 5.97 Å². The average molecular weight is 261 g/mol. The number of nitrogens with two attached hydrogens (primary N) is 1. The number of hydrogen-bond donors (Lipinski definition) is 1. The van der Waals surface area contributed by atoms with Crippen LogP contribution in [-0.4, -0.2) is 17.6 Å². The lowest BCUT2D eigenvalue weighted by Gasteiger charge is -2.14. The first kappa shape index (κ1) is 15.0. The lowest BCUT2D eigenvalue weighted by atomic mass is 9.90. The number of carbonyl (C=O) groups is 1. The fourth-order valence-corrected chi connectivity index (χ4v) is 1.57. The van der Waals surface area contributed by atoms with E-state index in [1.54, 1.807) is 13.0 Å². The molecule has 0 saturated heterocycles. The second-order valence-corrected chi connectivity index (χ2v) is 5.14. The van der Waals surface area contributed by atoms with Gasteiger partial charge in [-0.2, -0.15) is 5.26 Å². The summed E-state index contributed by atoms with van der Waals surface area (Å²) in [5.74, 6) is -0.424. The predicted octanol–water partition coefficient (Wildman–Crippen LogP) is 2.46. The van der Waals surface area contributed by atoms with E-state index in [4.69, 9.17) is 15.7 Å². The Morgan fingerprint density at radius 2 is 2.26 bits per heavy atom. The number of carbonyl (C=O) groups excluding carboxylic acids is 1. The van der Waals surface area contributed by atoms with Crippen molar-refractivity contribution in [1.82, 2.24) is 4.98 Å². The molecule has 1 heterocycles.